The van der Waals surface area contributed by atoms with E-state index in [9.17, 15) is 14.0 Å². The minimum atomic E-state index is -0.369. The van der Waals surface area contributed by atoms with Crippen LogP contribution in [0.3, 0.4) is 0 Å². The molecule has 8 nitrogen and oxygen atoms in total. The van der Waals surface area contributed by atoms with Crippen LogP contribution in [0.15, 0.2) is 42.9 Å². The topological polar surface area (TPSA) is 87.7 Å². The molecular weight excluding hydrogens is 377 g/mol. The molecule has 1 fully saturated rings. The maximum Gasteiger partial charge on any atom is 0.274 e. The molecule has 154 valence electrons. The van der Waals surface area contributed by atoms with Crippen LogP contribution >= 0.6 is 0 Å². The Hall–Kier alpha value is -2.91. The number of nitrogens with zero attached hydrogens (tertiary/aromatic N) is 4. The summed E-state index contributed by atoms with van der Waals surface area (Å²) < 4.78 is 18.3. The lowest BCUT2D eigenvalue weighted by molar-refractivity contribution is -0.116. The number of carbonyl (C=O) groups is 2. The highest BCUT2D eigenvalue weighted by atomic mass is 19.1. The number of amides is 2. The van der Waals surface area contributed by atoms with E-state index in [1.807, 2.05) is 0 Å². The average Bonchev–Trinajstić information content (AvgIpc) is 2.76. The summed E-state index contributed by atoms with van der Waals surface area (Å²) in [7, 11) is 0. The Kier molecular flexibility index (Phi) is 7.60. The van der Waals surface area contributed by atoms with Gasteiger partial charge >= 0.3 is 0 Å². The van der Waals surface area contributed by atoms with E-state index in [0.717, 1.165) is 13.1 Å². The third-order valence-electron chi connectivity index (χ3n) is 4.60. The van der Waals surface area contributed by atoms with E-state index < -0.39 is 0 Å². The largest absolute Gasteiger partial charge is 0.379 e. The highest BCUT2D eigenvalue weighted by molar-refractivity contribution is 5.93. The maximum absolute atomic E-state index is 13.0. The molecule has 0 atom stereocenters. The van der Waals surface area contributed by atoms with Gasteiger partial charge in [0.15, 0.2) is 0 Å². The number of morpholine rings is 1. The van der Waals surface area contributed by atoms with Crippen LogP contribution in [0.1, 0.15) is 16.9 Å². The fraction of sp³-hybridized carbons (Fsp3) is 0.400. The molecule has 1 aromatic carbocycles. The Morgan fingerprint density at radius 3 is 2.59 bits per heavy atom. The molecule has 0 spiro atoms. The van der Waals surface area contributed by atoms with E-state index in [1.165, 1.54) is 42.9 Å². The van der Waals surface area contributed by atoms with Gasteiger partial charge in [-0.25, -0.2) is 9.37 Å². The fourth-order valence-electron chi connectivity index (χ4n) is 2.97. The van der Waals surface area contributed by atoms with Crippen LogP contribution in [0.25, 0.3) is 0 Å². The van der Waals surface area contributed by atoms with Crippen molar-refractivity contribution in [1.29, 1.82) is 0 Å². The first-order chi connectivity index (χ1) is 14.1. The Bertz CT molecular complexity index is 798. The molecule has 2 aromatic rings. The zero-order valence-electron chi connectivity index (χ0n) is 16.1. The van der Waals surface area contributed by atoms with Gasteiger partial charge in [0.1, 0.15) is 11.5 Å². The van der Waals surface area contributed by atoms with Gasteiger partial charge in [0.2, 0.25) is 5.91 Å². The Balaban J connectivity index is 1.58. The van der Waals surface area contributed by atoms with Gasteiger partial charge in [-0.15, -0.1) is 0 Å². The van der Waals surface area contributed by atoms with Crippen molar-refractivity contribution in [2.45, 2.75) is 6.42 Å². The third kappa shape index (κ3) is 6.58. The second kappa shape index (κ2) is 10.6. The molecular formula is C20H24FN5O3. The average molecular weight is 401 g/mol. The number of anilines is 1. The lowest BCUT2D eigenvalue weighted by Gasteiger charge is -2.30. The molecule has 2 heterocycles. The zero-order chi connectivity index (χ0) is 20.5. The Morgan fingerprint density at radius 2 is 1.90 bits per heavy atom. The summed E-state index contributed by atoms with van der Waals surface area (Å²) in [5.74, 6) is -0.882. The second-order valence-electron chi connectivity index (χ2n) is 6.64. The number of carbonyl (C=O) groups excluding carboxylic acids is 2. The molecule has 0 aliphatic carbocycles. The van der Waals surface area contributed by atoms with Gasteiger partial charge in [-0.3, -0.25) is 19.5 Å². The first-order valence-corrected chi connectivity index (χ1v) is 9.52. The number of nitrogens with one attached hydrogen (secondary N) is 1. The van der Waals surface area contributed by atoms with E-state index >= 15 is 0 Å². The number of halogens is 1. The normalized spacial score (nSPS) is 14.4. The van der Waals surface area contributed by atoms with Crippen LogP contribution in [0.4, 0.5) is 10.1 Å². The number of aromatic nitrogens is 2. The van der Waals surface area contributed by atoms with Crippen molar-refractivity contribution in [3.8, 4) is 0 Å². The first-order valence-electron chi connectivity index (χ1n) is 9.52. The predicted molar refractivity (Wildman–Crippen MR) is 105 cm³/mol. The van der Waals surface area contributed by atoms with Crippen molar-refractivity contribution in [3.05, 3.63) is 54.4 Å². The molecule has 1 N–H and O–H groups in total. The lowest BCUT2D eigenvalue weighted by atomic mass is 10.2. The molecule has 0 bridgehead atoms. The van der Waals surface area contributed by atoms with Crippen LogP contribution < -0.4 is 5.32 Å². The summed E-state index contributed by atoms with van der Waals surface area (Å²) in [6.45, 7) is 4.40. The van der Waals surface area contributed by atoms with E-state index in [4.69, 9.17) is 4.74 Å². The minimum Gasteiger partial charge on any atom is -0.379 e. The van der Waals surface area contributed by atoms with E-state index in [2.05, 4.69) is 20.2 Å². The third-order valence-corrected chi connectivity index (χ3v) is 4.60. The number of hydrogen-bond acceptors (Lipinski definition) is 6. The SMILES string of the molecule is O=C(CCN(CCN1CCOCC1)C(=O)c1cnccn1)Nc1ccc(F)cc1. The van der Waals surface area contributed by atoms with Crippen molar-refractivity contribution >= 4 is 17.5 Å². The highest BCUT2D eigenvalue weighted by Gasteiger charge is 2.20. The molecule has 0 saturated carbocycles. The minimum absolute atomic E-state index is 0.118. The zero-order valence-corrected chi connectivity index (χ0v) is 16.1. The van der Waals surface area contributed by atoms with Gasteiger partial charge < -0.3 is 15.0 Å². The monoisotopic (exact) mass is 401 g/mol. The molecule has 1 saturated heterocycles. The van der Waals surface area contributed by atoms with Gasteiger partial charge in [0.25, 0.3) is 5.91 Å². The lowest BCUT2D eigenvalue weighted by Crippen LogP contribution is -2.44. The second-order valence-corrected chi connectivity index (χ2v) is 6.64. The van der Waals surface area contributed by atoms with Crippen molar-refractivity contribution in [3.63, 3.8) is 0 Å². The summed E-state index contributed by atoms with van der Waals surface area (Å²) in [5.41, 5.74) is 0.755. The number of benzene rings is 1. The smallest absolute Gasteiger partial charge is 0.274 e. The molecule has 0 radical (unpaired) electrons. The van der Waals surface area contributed by atoms with Gasteiger partial charge in [0, 0.05) is 57.2 Å². The van der Waals surface area contributed by atoms with Crippen LogP contribution in [-0.4, -0.2) is 77.5 Å². The van der Waals surface area contributed by atoms with E-state index in [0.29, 0.717) is 32.0 Å². The standard InChI is InChI=1S/C20H24FN5O3/c21-16-1-3-17(4-2-16)24-19(27)5-8-26(10-9-25-11-13-29-14-12-25)20(28)18-15-22-6-7-23-18/h1-4,6-7,15H,5,8-14H2,(H,24,27). The van der Waals surface area contributed by atoms with Crippen molar-refractivity contribution in [2.75, 3.05) is 51.3 Å². The van der Waals surface area contributed by atoms with Gasteiger partial charge in [-0.2, -0.15) is 0 Å². The summed E-state index contributed by atoms with van der Waals surface area (Å²) in [6.07, 6.45) is 4.51. The Morgan fingerprint density at radius 1 is 1.14 bits per heavy atom. The van der Waals surface area contributed by atoms with Crippen molar-refractivity contribution < 1.29 is 18.7 Å². The highest BCUT2D eigenvalue weighted by Crippen LogP contribution is 2.09. The molecule has 9 heteroatoms. The predicted octanol–water partition coefficient (Wildman–Crippen LogP) is 1.42. The van der Waals surface area contributed by atoms with Crippen molar-refractivity contribution in [2.24, 2.45) is 0 Å². The molecule has 1 aliphatic heterocycles. The maximum atomic E-state index is 13.0. The van der Waals surface area contributed by atoms with E-state index in [-0.39, 0.29) is 36.3 Å². The molecule has 0 unspecified atom stereocenters. The van der Waals surface area contributed by atoms with Crippen molar-refractivity contribution in [1.82, 2.24) is 19.8 Å². The number of hydrogen-bond donors (Lipinski definition) is 1. The van der Waals surface area contributed by atoms with Crippen LogP contribution in [0.2, 0.25) is 0 Å². The molecule has 2 amide bonds. The number of rotatable bonds is 8. The molecule has 29 heavy (non-hydrogen) atoms. The van der Waals surface area contributed by atoms with E-state index in [1.54, 1.807) is 4.90 Å². The summed E-state index contributed by atoms with van der Waals surface area (Å²) in [4.78, 5) is 37.0. The quantitative estimate of drug-likeness (QED) is 0.720. The first kappa shape index (κ1) is 20.8. The molecule has 1 aromatic heterocycles. The van der Waals surface area contributed by atoms with Crippen LogP contribution in [0, 0.1) is 5.82 Å². The Labute approximate surface area is 168 Å². The molecule has 1 aliphatic rings. The van der Waals surface area contributed by atoms with Gasteiger partial charge in [0.05, 0.1) is 19.4 Å². The van der Waals surface area contributed by atoms with Crippen LogP contribution in [0.5, 0.6) is 0 Å². The summed E-state index contributed by atoms with van der Waals surface area (Å²) in [6, 6.07) is 5.55. The van der Waals surface area contributed by atoms with Crippen LogP contribution in [-0.2, 0) is 9.53 Å². The summed E-state index contributed by atoms with van der Waals surface area (Å²) in [5, 5.41) is 2.71. The summed E-state index contributed by atoms with van der Waals surface area (Å²) >= 11 is 0. The van der Waals surface area contributed by atoms with Gasteiger partial charge in [-0.05, 0) is 24.3 Å². The molecule has 3 rings (SSSR count). The van der Waals surface area contributed by atoms with Gasteiger partial charge in [-0.1, -0.05) is 0 Å². The fourth-order valence-corrected chi connectivity index (χ4v) is 2.97. The number of ether oxygens (including phenoxy) is 1.